The third-order valence-corrected chi connectivity index (χ3v) is 3.71. The molecule has 0 aliphatic rings. The van der Waals surface area contributed by atoms with Gasteiger partial charge in [0.05, 0.1) is 11.6 Å². The van der Waals surface area contributed by atoms with Crippen molar-refractivity contribution in [2.45, 2.75) is 20.3 Å². The number of hydrogen-bond donors (Lipinski definition) is 1. The normalized spacial score (nSPS) is 10.5. The Labute approximate surface area is 149 Å². The molecule has 4 nitrogen and oxygen atoms in total. The first kappa shape index (κ1) is 18.7. The van der Waals surface area contributed by atoms with E-state index < -0.39 is 0 Å². The van der Waals surface area contributed by atoms with Crippen LogP contribution in [0.1, 0.15) is 36.2 Å². The third kappa shape index (κ3) is 5.44. The number of carbonyl (C=O) groups excluding carboxylic acids is 1. The van der Waals surface area contributed by atoms with Gasteiger partial charge in [-0.3, -0.25) is 4.79 Å². The summed E-state index contributed by atoms with van der Waals surface area (Å²) in [5.41, 5.74) is 2.68. The molecule has 4 heteroatoms. The van der Waals surface area contributed by atoms with Crippen LogP contribution < -0.4 is 5.32 Å². The first-order valence-corrected chi connectivity index (χ1v) is 8.58. The van der Waals surface area contributed by atoms with Crippen molar-refractivity contribution in [3.63, 3.8) is 0 Å². The van der Waals surface area contributed by atoms with Gasteiger partial charge < -0.3 is 10.1 Å². The predicted octanol–water partition coefficient (Wildman–Crippen LogP) is 4.02. The minimum Gasteiger partial charge on any atom is -0.381 e. The summed E-state index contributed by atoms with van der Waals surface area (Å²) in [7, 11) is 0. The fourth-order valence-corrected chi connectivity index (χ4v) is 2.52. The Bertz CT molecular complexity index is 748. The molecule has 0 spiro atoms. The minimum absolute atomic E-state index is 0.132. The highest BCUT2D eigenvalue weighted by atomic mass is 16.5. The summed E-state index contributed by atoms with van der Waals surface area (Å²) in [6, 6.07) is 16.9. The molecule has 1 amide bonds. The monoisotopic (exact) mass is 336 g/mol. The fraction of sp³-hybridized carbons (Fsp3) is 0.333. The van der Waals surface area contributed by atoms with Crippen molar-refractivity contribution in [3.05, 3.63) is 59.7 Å². The van der Waals surface area contributed by atoms with Crippen LogP contribution in [0.3, 0.4) is 0 Å². The molecule has 0 radical (unpaired) electrons. The van der Waals surface area contributed by atoms with Crippen LogP contribution in [-0.2, 0) is 4.74 Å². The molecule has 2 aromatic rings. The van der Waals surface area contributed by atoms with Gasteiger partial charge >= 0.3 is 0 Å². The molecule has 2 rings (SSSR count). The summed E-state index contributed by atoms with van der Waals surface area (Å²) in [6.07, 6.45) is 0.773. The van der Waals surface area contributed by atoms with Crippen molar-refractivity contribution < 1.29 is 9.53 Å². The molecule has 0 aromatic heterocycles. The zero-order valence-electron chi connectivity index (χ0n) is 14.8. The SMILES string of the molecule is CC(C)COCCCNC(=O)c1ccccc1-c1ccccc1C#N. The van der Waals surface area contributed by atoms with E-state index in [0.29, 0.717) is 30.2 Å². The Kier molecular flexibility index (Phi) is 7.18. The van der Waals surface area contributed by atoms with Gasteiger partial charge in [-0.25, -0.2) is 0 Å². The topological polar surface area (TPSA) is 62.1 Å². The molecule has 1 N–H and O–H groups in total. The fourth-order valence-electron chi connectivity index (χ4n) is 2.52. The van der Waals surface area contributed by atoms with Gasteiger partial charge in [-0.15, -0.1) is 0 Å². The minimum atomic E-state index is -0.132. The maximum atomic E-state index is 12.5. The third-order valence-electron chi connectivity index (χ3n) is 3.71. The number of nitrogens with one attached hydrogen (secondary N) is 1. The molecule has 0 heterocycles. The van der Waals surface area contributed by atoms with Crippen LogP contribution in [-0.4, -0.2) is 25.7 Å². The van der Waals surface area contributed by atoms with Crippen LogP contribution in [0.25, 0.3) is 11.1 Å². The van der Waals surface area contributed by atoms with Crippen LogP contribution in [0.4, 0.5) is 0 Å². The second-order valence-electron chi connectivity index (χ2n) is 6.28. The van der Waals surface area contributed by atoms with Gasteiger partial charge in [-0.2, -0.15) is 5.26 Å². The van der Waals surface area contributed by atoms with Crippen molar-refractivity contribution in [1.29, 1.82) is 5.26 Å². The van der Waals surface area contributed by atoms with E-state index in [1.807, 2.05) is 36.4 Å². The lowest BCUT2D eigenvalue weighted by atomic mass is 9.95. The molecule has 25 heavy (non-hydrogen) atoms. The number of amides is 1. The van der Waals surface area contributed by atoms with Crippen LogP contribution in [0.2, 0.25) is 0 Å². The molecule has 0 aliphatic heterocycles. The zero-order valence-corrected chi connectivity index (χ0v) is 14.8. The quantitative estimate of drug-likeness (QED) is 0.741. The summed E-state index contributed by atoms with van der Waals surface area (Å²) in [6.45, 7) is 6.15. The van der Waals surface area contributed by atoms with Crippen LogP contribution in [0.15, 0.2) is 48.5 Å². The predicted molar refractivity (Wildman–Crippen MR) is 99.2 cm³/mol. The van der Waals surface area contributed by atoms with E-state index in [9.17, 15) is 10.1 Å². The van der Waals surface area contributed by atoms with Crippen molar-refractivity contribution in [3.8, 4) is 17.2 Å². The van der Waals surface area contributed by atoms with E-state index in [-0.39, 0.29) is 5.91 Å². The summed E-state index contributed by atoms with van der Waals surface area (Å²) < 4.78 is 5.52. The van der Waals surface area contributed by atoms with Crippen LogP contribution in [0, 0.1) is 17.2 Å². The lowest BCUT2D eigenvalue weighted by Crippen LogP contribution is -2.26. The summed E-state index contributed by atoms with van der Waals surface area (Å²) in [5.74, 6) is 0.383. The molecule has 0 saturated heterocycles. The molecule has 0 unspecified atom stereocenters. The Morgan fingerprint density at radius 2 is 1.80 bits per heavy atom. The van der Waals surface area contributed by atoms with Crippen molar-refractivity contribution in [2.75, 3.05) is 19.8 Å². The molecule has 0 fully saturated rings. The second-order valence-corrected chi connectivity index (χ2v) is 6.28. The number of benzene rings is 2. The highest BCUT2D eigenvalue weighted by Crippen LogP contribution is 2.26. The van der Waals surface area contributed by atoms with Gasteiger partial charge in [0.25, 0.3) is 5.91 Å². The Hall–Kier alpha value is -2.64. The number of nitriles is 1. The van der Waals surface area contributed by atoms with E-state index >= 15 is 0 Å². The van der Waals surface area contributed by atoms with Gasteiger partial charge in [0.15, 0.2) is 0 Å². The summed E-state index contributed by atoms with van der Waals surface area (Å²) in [4.78, 5) is 12.5. The molecule has 130 valence electrons. The lowest BCUT2D eigenvalue weighted by molar-refractivity contribution is 0.0925. The molecule has 0 atom stereocenters. The largest absolute Gasteiger partial charge is 0.381 e. The van der Waals surface area contributed by atoms with Crippen molar-refractivity contribution >= 4 is 5.91 Å². The Morgan fingerprint density at radius 3 is 2.52 bits per heavy atom. The standard InChI is InChI=1S/C21H24N2O2/c1-16(2)15-25-13-7-12-23-21(24)20-11-6-5-10-19(20)18-9-4-3-8-17(18)14-22/h3-6,8-11,16H,7,12-13,15H2,1-2H3,(H,23,24). The Morgan fingerprint density at radius 1 is 1.12 bits per heavy atom. The second kappa shape index (κ2) is 9.61. The Balaban J connectivity index is 2.03. The molecule has 0 saturated carbocycles. The molecule has 2 aromatic carbocycles. The number of carbonyl (C=O) groups is 1. The number of nitrogens with zero attached hydrogens (tertiary/aromatic N) is 1. The van der Waals surface area contributed by atoms with Crippen LogP contribution >= 0.6 is 0 Å². The average molecular weight is 336 g/mol. The molecule has 0 aliphatic carbocycles. The van der Waals surface area contributed by atoms with Gasteiger partial charge in [0.2, 0.25) is 0 Å². The number of hydrogen-bond acceptors (Lipinski definition) is 3. The van der Waals surface area contributed by atoms with E-state index in [0.717, 1.165) is 24.2 Å². The lowest BCUT2D eigenvalue weighted by Gasteiger charge is -2.12. The van der Waals surface area contributed by atoms with E-state index in [1.54, 1.807) is 12.1 Å². The van der Waals surface area contributed by atoms with Gasteiger partial charge in [0, 0.05) is 30.9 Å². The van der Waals surface area contributed by atoms with E-state index in [2.05, 4.69) is 25.2 Å². The average Bonchev–Trinajstić information content (AvgIpc) is 2.64. The van der Waals surface area contributed by atoms with Gasteiger partial charge in [-0.05, 0) is 30.0 Å². The molecule has 0 bridgehead atoms. The highest BCUT2D eigenvalue weighted by Gasteiger charge is 2.14. The maximum absolute atomic E-state index is 12.5. The molecular weight excluding hydrogens is 312 g/mol. The first-order valence-electron chi connectivity index (χ1n) is 8.58. The van der Waals surface area contributed by atoms with Gasteiger partial charge in [-0.1, -0.05) is 50.2 Å². The van der Waals surface area contributed by atoms with Crippen LogP contribution in [0.5, 0.6) is 0 Å². The summed E-state index contributed by atoms with van der Waals surface area (Å²) in [5, 5.41) is 12.2. The number of rotatable bonds is 8. The van der Waals surface area contributed by atoms with Crippen molar-refractivity contribution in [2.24, 2.45) is 5.92 Å². The number of ether oxygens (including phenoxy) is 1. The molecular formula is C21H24N2O2. The van der Waals surface area contributed by atoms with Gasteiger partial charge in [0.1, 0.15) is 0 Å². The zero-order chi connectivity index (χ0) is 18.1. The smallest absolute Gasteiger partial charge is 0.251 e. The first-order chi connectivity index (χ1) is 12.1. The maximum Gasteiger partial charge on any atom is 0.251 e. The summed E-state index contributed by atoms with van der Waals surface area (Å²) >= 11 is 0. The van der Waals surface area contributed by atoms with E-state index in [4.69, 9.17) is 4.74 Å². The highest BCUT2D eigenvalue weighted by molar-refractivity contribution is 6.01. The van der Waals surface area contributed by atoms with E-state index in [1.165, 1.54) is 0 Å². The van der Waals surface area contributed by atoms with Crippen molar-refractivity contribution in [1.82, 2.24) is 5.32 Å².